The van der Waals surface area contributed by atoms with Crippen LogP contribution in [0.1, 0.15) is 18.7 Å². The molecule has 3 rings (SSSR count). The van der Waals surface area contributed by atoms with Crippen LogP contribution in [0.2, 0.25) is 5.02 Å². The maximum Gasteiger partial charge on any atom is 0.312 e. The predicted molar refractivity (Wildman–Crippen MR) is 84.2 cm³/mol. The standard InChI is InChI=1S/C15H12ClN3O3/c1-9(14-6-10-4-2-3-5-13(10)22-14)18-15-12(19(20)21)7-11(16)8-17-15/h2-9H,1H3,(H,17,18)/t9-/m1/s1. The third-order valence-corrected chi connectivity index (χ3v) is 3.46. The maximum atomic E-state index is 11.1. The number of hydrogen-bond donors (Lipinski definition) is 1. The Balaban J connectivity index is 1.91. The molecule has 0 aliphatic carbocycles. The number of nitro groups is 1. The van der Waals surface area contributed by atoms with Crippen LogP contribution in [-0.2, 0) is 0 Å². The first kappa shape index (κ1) is 14.3. The molecular weight excluding hydrogens is 306 g/mol. The van der Waals surface area contributed by atoms with Crippen molar-refractivity contribution in [3.05, 3.63) is 63.5 Å². The van der Waals surface area contributed by atoms with Gasteiger partial charge in [0.05, 0.1) is 16.0 Å². The van der Waals surface area contributed by atoms with Crippen molar-refractivity contribution < 1.29 is 9.34 Å². The van der Waals surface area contributed by atoms with Crippen molar-refractivity contribution in [3.8, 4) is 0 Å². The van der Waals surface area contributed by atoms with Crippen molar-refractivity contribution in [2.75, 3.05) is 5.32 Å². The van der Waals surface area contributed by atoms with Crippen LogP contribution < -0.4 is 5.32 Å². The highest BCUT2D eigenvalue weighted by atomic mass is 35.5. The number of fused-ring (bicyclic) bond motifs is 1. The van der Waals surface area contributed by atoms with Gasteiger partial charge in [0.2, 0.25) is 5.82 Å². The van der Waals surface area contributed by atoms with Crippen molar-refractivity contribution in [2.45, 2.75) is 13.0 Å². The lowest BCUT2D eigenvalue weighted by molar-refractivity contribution is -0.384. The molecule has 3 aromatic rings. The molecule has 6 nitrogen and oxygen atoms in total. The fourth-order valence-corrected chi connectivity index (χ4v) is 2.32. The van der Waals surface area contributed by atoms with Crippen LogP contribution in [0.25, 0.3) is 11.0 Å². The minimum atomic E-state index is -0.521. The summed E-state index contributed by atoms with van der Waals surface area (Å²) in [4.78, 5) is 14.5. The molecule has 0 unspecified atom stereocenters. The fourth-order valence-electron chi connectivity index (χ4n) is 2.17. The van der Waals surface area contributed by atoms with Crippen LogP contribution in [0, 0.1) is 10.1 Å². The van der Waals surface area contributed by atoms with E-state index in [1.54, 1.807) is 0 Å². The minimum Gasteiger partial charge on any atom is -0.459 e. The monoisotopic (exact) mass is 317 g/mol. The summed E-state index contributed by atoms with van der Waals surface area (Å²) in [6.07, 6.45) is 1.36. The minimum absolute atomic E-state index is 0.155. The number of rotatable bonds is 4. The van der Waals surface area contributed by atoms with Crippen molar-refractivity contribution in [2.24, 2.45) is 0 Å². The zero-order valence-electron chi connectivity index (χ0n) is 11.6. The molecule has 0 radical (unpaired) electrons. The van der Waals surface area contributed by atoms with Gasteiger partial charge in [0.25, 0.3) is 0 Å². The second kappa shape index (κ2) is 5.65. The normalized spacial score (nSPS) is 12.3. The molecule has 1 atom stereocenters. The van der Waals surface area contributed by atoms with Crippen molar-refractivity contribution in [3.63, 3.8) is 0 Å². The zero-order valence-corrected chi connectivity index (χ0v) is 12.4. The fraction of sp³-hybridized carbons (Fsp3) is 0.133. The Kier molecular flexibility index (Phi) is 3.68. The summed E-state index contributed by atoms with van der Waals surface area (Å²) < 4.78 is 5.74. The van der Waals surface area contributed by atoms with Gasteiger partial charge in [-0.15, -0.1) is 0 Å². The Morgan fingerprint density at radius 1 is 1.36 bits per heavy atom. The number of furan rings is 1. The zero-order chi connectivity index (χ0) is 15.7. The molecule has 1 N–H and O–H groups in total. The molecule has 112 valence electrons. The average Bonchev–Trinajstić information content (AvgIpc) is 2.93. The molecule has 2 aromatic heterocycles. The maximum absolute atomic E-state index is 11.1. The van der Waals surface area contributed by atoms with E-state index >= 15 is 0 Å². The van der Waals surface area contributed by atoms with Crippen LogP contribution in [0.4, 0.5) is 11.5 Å². The van der Waals surface area contributed by atoms with Gasteiger partial charge in [0, 0.05) is 17.6 Å². The topological polar surface area (TPSA) is 81.2 Å². The van der Waals surface area contributed by atoms with Crippen molar-refractivity contribution in [1.82, 2.24) is 4.98 Å². The molecule has 0 aliphatic rings. The Morgan fingerprint density at radius 2 is 2.14 bits per heavy atom. The van der Waals surface area contributed by atoms with E-state index in [0.717, 1.165) is 11.0 Å². The Bertz CT molecular complexity index is 814. The van der Waals surface area contributed by atoms with Gasteiger partial charge in [0.15, 0.2) is 0 Å². The SMILES string of the molecule is C[C@@H](Nc1ncc(Cl)cc1[N+](=O)[O-])c1cc2ccccc2o1. The van der Waals surface area contributed by atoms with Crippen LogP contribution in [-0.4, -0.2) is 9.91 Å². The number of benzene rings is 1. The highest BCUT2D eigenvalue weighted by Gasteiger charge is 2.20. The van der Waals surface area contributed by atoms with Gasteiger partial charge < -0.3 is 9.73 Å². The summed E-state index contributed by atoms with van der Waals surface area (Å²) >= 11 is 5.75. The van der Waals surface area contributed by atoms with Gasteiger partial charge in [-0.25, -0.2) is 4.98 Å². The summed E-state index contributed by atoms with van der Waals surface area (Å²) in [5.41, 5.74) is 0.597. The van der Waals surface area contributed by atoms with Gasteiger partial charge in [-0.3, -0.25) is 10.1 Å². The smallest absolute Gasteiger partial charge is 0.312 e. The highest BCUT2D eigenvalue weighted by molar-refractivity contribution is 6.30. The molecular formula is C15H12ClN3O3. The Hall–Kier alpha value is -2.60. The second-order valence-electron chi connectivity index (χ2n) is 4.83. The molecule has 0 aliphatic heterocycles. The first-order chi connectivity index (χ1) is 10.5. The van der Waals surface area contributed by atoms with Crippen LogP contribution >= 0.6 is 11.6 Å². The Labute approximate surface area is 130 Å². The molecule has 1 aromatic carbocycles. The molecule has 0 spiro atoms. The lowest BCUT2D eigenvalue weighted by Gasteiger charge is -2.12. The summed E-state index contributed by atoms with van der Waals surface area (Å²) in [5, 5.41) is 15.3. The van der Waals surface area contributed by atoms with E-state index in [1.165, 1.54) is 12.3 Å². The number of pyridine rings is 1. The van der Waals surface area contributed by atoms with E-state index in [4.69, 9.17) is 16.0 Å². The largest absolute Gasteiger partial charge is 0.459 e. The van der Waals surface area contributed by atoms with E-state index in [9.17, 15) is 10.1 Å². The molecule has 0 amide bonds. The van der Waals surface area contributed by atoms with Crippen molar-refractivity contribution >= 4 is 34.1 Å². The predicted octanol–water partition coefficient (Wildman–Crippen LogP) is 4.56. The first-order valence-electron chi connectivity index (χ1n) is 6.59. The quantitative estimate of drug-likeness (QED) is 0.563. The van der Waals surface area contributed by atoms with Gasteiger partial charge in [0.1, 0.15) is 11.3 Å². The van der Waals surface area contributed by atoms with Gasteiger partial charge in [-0.05, 0) is 19.1 Å². The van der Waals surface area contributed by atoms with E-state index < -0.39 is 4.92 Å². The van der Waals surface area contributed by atoms with Crippen LogP contribution in [0.15, 0.2) is 47.0 Å². The number of para-hydroxylation sites is 1. The van der Waals surface area contributed by atoms with E-state index in [1.807, 2.05) is 37.3 Å². The third kappa shape index (κ3) is 2.73. The van der Waals surface area contributed by atoms with Crippen LogP contribution in [0.5, 0.6) is 0 Å². The third-order valence-electron chi connectivity index (χ3n) is 3.26. The van der Waals surface area contributed by atoms with Crippen molar-refractivity contribution in [1.29, 1.82) is 0 Å². The molecule has 7 heteroatoms. The highest BCUT2D eigenvalue weighted by Crippen LogP contribution is 2.30. The number of anilines is 1. The lowest BCUT2D eigenvalue weighted by Crippen LogP contribution is -2.09. The number of nitrogens with zero attached hydrogens (tertiary/aromatic N) is 2. The van der Waals surface area contributed by atoms with Gasteiger partial charge in [-0.1, -0.05) is 29.8 Å². The van der Waals surface area contributed by atoms with Gasteiger partial charge >= 0.3 is 5.69 Å². The van der Waals surface area contributed by atoms with E-state index in [-0.39, 0.29) is 22.6 Å². The van der Waals surface area contributed by atoms with E-state index in [0.29, 0.717) is 5.76 Å². The summed E-state index contributed by atoms with van der Waals surface area (Å²) in [5.74, 6) is 0.828. The number of nitrogens with one attached hydrogen (secondary N) is 1. The molecule has 2 heterocycles. The Morgan fingerprint density at radius 3 is 2.86 bits per heavy atom. The average molecular weight is 318 g/mol. The number of halogens is 1. The molecule has 0 fully saturated rings. The van der Waals surface area contributed by atoms with Gasteiger partial charge in [-0.2, -0.15) is 0 Å². The lowest BCUT2D eigenvalue weighted by atomic mass is 10.2. The molecule has 0 bridgehead atoms. The summed E-state index contributed by atoms with van der Waals surface area (Å²) in [6.45, 7) is 1.84. The number of hydrogen-bond acceptors (Lipinski definition) is 5. The van der Waals surface area contributed by atoms with E-state index in [2.05, 4.69) is 10.3 Å². The molecule has 22 heavy (non-hydrogen) atoms. The first-order valence-corrected chi connectivity index (χ1v) is 6.97. The molecule has 0 saturated heterocycles. The second-order valence-corrected chi connectivity index (χ2v) is 5.27. The summed E-state index contributed by atoms with van der Waals surface area (Å²) in [6, 6.07) is 10.5. The summed E-state index contributed by atoms with van der Waals surface area (Å²) in [7, 11) is 0. The molecule has 0 saturated carbocycles. The van der Waals surface area contributed by atoms with Crippen LogP contribution in [0.3, 0.4) is 0 Å². The number of aromatic nitrogens is 1.